The summed E-state index contributed by atoms with van der Waals surface area (Å²) in [6.07, 6.45) is 2.00. The summed E-state index contributed by atoms with van der Waals surface area (Å²) < 4.78 is 0. The summed E-state index contributed by atoms with van der Waals surface area (Å²) in [6.45, 7) is 0.626. The molecule has 1 saturated heterocycles. The molecule has 31 heavy (non-hydrogen) atoms. The van der Waals surface area contributed by atoms with Gasteiger partial charge in [0.1, 0.15) is 0 Å². The molecule has 0 spiro atoms. The Morgan fingerprint density at radius 2 is 1.61 bits per heavy atom. The highest BCUT2D eigenvalue weighted by Gasteiger charge is 2.32. The summed E-state index contributed by atoms with van der Waals surface area (Å²) in [7, 11) is 0. The van der Waals surface area contributed by atoms with Crippen LogP contribution in [-0.4, -0.2) is 33.4 Å². The number of carboxylic acid groups (broad SMARTS) is 1. The Morgan fingerprint density at radius 3 is 2.26 bits per heavy atom. The maximum absolute atomic E-state index is 13.1. The van der Waals surface area contributed by atoms with Crippen molar-refractivity contribution in [2.45, 2.75) is 25.3 Å². The van der Waals surface area contributed by atoms with E-state index < -0.39 is 5.97 Å². The molecule has 2 heterocycles. The van der Waals surface area contributed by atoms with Gasteiger partial charge in [0.15, 0.2) is 0 Å². The van der Waals surface area contributed by atoms with Gasteiger partial charge in [-0.3, -0.25) is 9.78 Å². The van der Waals surface area contributed by atoms with E-state index in [4.69, 9.17) is 28.2 Å². The minimum atomic E-state index is -1.02. The van der Waals surface area contributed by atoms with E-state index in [-0.39, 0.29) is 17.5 Å². The lowest BCUT2D eigenvalue weighted by atomic mass is 10.0. The van der Waals surface area contributed by atoms with Crippen molar-refractivity contribution in [3.05, 3.63) is 98.8 Å². The average molecular weight is 455 g/mol. The van der Waals surface area contributed by atoms with Gasteiger partial charge >= 0.3 is 5.97 Å². The van der Waals surface area contributed by atoms with Gasteiger partial charge in [0.25, 0.3) is 5.91 Å². The lowest BCUT2D eigenvalue weighted by Crippen LogP contribution is -2.31. The van der Waals surface area contributed by atoms with E-state index >= 15 is 0 Å². The summed E-state index contributed by atoms with van der Waals surface area (Å²) >= 11 is 11.9. The van der Waals surface area contributed by atoms with Crippen molar-refractivity contribution in [2.24, 2.45) is 0 Å². The van der Waals surface area contributed by atoms with Crippen molar-refractivity contribution in [3.63, 3.8) is 0 Å². The topological polar surface area (TPSA) is 70.5 Å². The van der Waals surface area contributed by atoms with E-state index in [2.05, 4.69) is 0 Å². The number of halogens is 2. The number of carboxylic acids is 1. The summed E-state index contributed by atoms with van der Waals surface area (Å²) in [4.78, 5) is 31.3. The maximum atomic E-state index is 13.1. The normalized spacial score (nSPS) is 15.8. The maximum Gasteiger partial charge on any atom is 0.337 e. The standard InChI is InChI=1S/C24H20Cl2N2O3/c25-17-7-3-15(4-8-17)14-21-19(24(30)31)11-12-20(27-21)22-2-1-13-28(22)23(29)16-5-9-18(26)10-6-16/h3-12,22H,1-2,13-14H2,(H,30,31)/t22-/m0/s1. The molecule has 1 atom stereocenters. The van der Waals surface area contributed by atoms with Crippen molar-refractivity contribution in [1.29, 1.82) is 0 Å². The highest BCUT2D eigenvalue weighted by Crippen LogP contribution is 2.33. The summed E-state index contributed by atoms with van der Waals surface area (Å²) in [6, 6.07) is 17.2. The molecule has 5 nitrogen and oxygen atoms in total. The van der Waals surface area contributed by atoms with E-state index in [1.54, 1.807) is 53.4 Å². The fraction of sp³-hybridized carbons (Fsp3) is 0.208. The highest BCUT2D eigenvalue weighted by atomic mass is 35.5. The SMILES string of the molecule is O=C(O)c1ccc([C@@H]2CCCN2C(=O)c2ccc(Cl)cc2)nc1Cc1ccc(Cl)cc1. The summed E-state index contributed by atoms with van der Waals surface area (Å²) in [5, 5.41) is 10.8. The Labute approximate surface area is 190 Å². The number of benzene rings is 2. The molecule has 1 N–H and O–H groups in total. The predicted octanol–water partition coefficient (Wildman–Crippen LogP) is 5.65. The number of carbonyl (C=O) groups is 2. The molecule has 2 aromatic carbocycles. The number of aromatic carboxylic acids is 1. The summed E-state index contributed by atoms with van der Waals surface area (Å²) in [5.74, 6) is -1.11. The molecule has 1 aromatic heterocycles. The third kappa shape index (κ3) is 4.73. The second kappa shape index (κ2) is 9.08. The van der Waals surface area contributed by atoms with E-state index in [9.17, 15) is 14.7 Å². The largest absolute Gasteiger partial charge is 0.478 e. The van der Waals surface area contributed by atoms with Gasteiger partial charge in [-0.2, -0.15) is 0 Å². The van der Waals surface area contributed by atoms with Crippen LogP contribution in [-0.2, 0) is 6.42 Å². The monoisotopic (exact) mass is 454 g/mol. The third-order valence-electron chi connectivity index (χ3n) is 5.46. The van der Waals surface area contributed by atoms with Gasteiger partial charge in [0.2, 0.25) is 0 Å². The Balaban J connectivity index is 1.64. The molecule has 4 rings (SSSR count). The molecule has 0 unspecified atom stereocenters. The quantitative estimate of drug-likeness (QED) is 0.540. The Hall–Kier alpha value is -2.89. The van der Waals surface area contributed by atoms with Crippen LogP contribution >= 0.6 is 23.2 Å². The number of nitrogens with zero attached hydrogens (tertiary/aromatic N) is 2. The molecule has 0 radical (unpaired) electrons. The van der Waals surface area contributed by atoms with Crippen molar-refractivity contribution in [1.82, 2.24) is 9.88 Å². The van der Waals surface area contributed by atoms with Crippen molar-refractivity contribution < 1.29 is 14.7 Å². The molecule has 7 heteroatoms. The fourth-order valence-corrected chi connectivity index (χ4v) is 4.16. The molecule has 0 saturated carbocycles. The Kier molecular flexibility index (Phi) is 6.25. The zero-order chi connectivity index (χ0) is 22.0. The van der Waals surface area contributed by atoms with Crippen LogP contribution in [0.4, 0.5) is 0 Å². The van der Waals surface area contributed by atoms with Crippen LogP contribution in [0.25, 0.3) is 0 Å². The first-order valence-electron chi connectivity index (χ1n) is 9.96. The van der Waals surface area contributed by atoms with Crippen LogP contribution < -0.4 is 0 Å². The lowest BCUT2D eigenvalue weighted by Gasteiger charge is -2.25. The van der Waals surface area contributed by atoms with Crippen LogP contribution in [0.1, 0.15) is 56.6 Å². The van der Waals surface area contributed by atoms with Gasteiger partial charge in [0.05, 0.1) is 23.0 Å². The smallest absolute Gasteiger partial charge is 0.337 e. The van der Waals surface area contributed by atoms with Crippen LogP contribution in [0.3, 0.4) is 0 Å². The molecule has 1 aliphatic heterocycles. The van der Waals surface area contributed by atoms with Crippen molar-refractivity contribution >= 4 is 35.1 Å². The molecule has 1 fully saturated rings. The molecule has 1 amide bonds. The second-order valence-corrected chi connectivity index (χ2v) is 8.38. The molecule has 0 bridgehead atoms. The minimum absolute atomic E-state index is 0.0810. The van der Waals surface area contributed by atoms with Crippen LogP contribution in [0.5, 0.6) is 0 Å². The molecule has 158 valence electrons. The molecular weight excluding hydrogens is 435 g/mol. The van der Waals surface area contributed by atoms with E-state index in [1.165, 1.54) is 0 Å². The number of pyridine rings is 1. The van der Waals surface area contributed by atoms with E-state index in [0.29, 0.717) is 40.0 Å². The van der Waals surface area contributed by atoms with Crippen LogP contribution in [0.2, 0.25) is 10.0 Å². The van der Waals surface area contributed by atoms with Gasteiger partial charge in [-0.15, -0.1) is 0 Å². The zero-order valence-corrected chi connectivity index (χ0v) is 18.1. The molecule has 0 aliphatic carbocycles. The average Bonchev–Trinajstić information content (AvgIpc) is 3.25. The fourth-order valence-electron chi connectivity index (χ4n) is 3.90. The molecular formula is C24H20Cl2N2O3. The van der Waals surface area contributed by atoms with Crippen LogP contribution in [0.15, 0.2) is 60.7 Å². The number of aromatic nitrogens is 1. The highest BCUT2D eigenvalue weighted by molar-refractivity contribution is 6.30. The number of hydrogen-bond acceptors (Lipinski definition) is 3. The second-order valence-electron chi connectivity index (χ2n) is 7.50. The van der Waals surface area contributed by atoms with E-state index in [1.807, 2.05) is 12.1 Å². The van der Waals surface area contributed by atoms with Gasteiger partial charge in [-0.1, -0.05) is 35.3 Å². The molecule has 3 aromatic rings. The van der Waals surface area contributed by atoms with Gasteiger partial charge in [0, 0.05) is 28.6 Å². The number of carbonyl (C=O) groups excluding carboxylic acids is 1. The van der Waals surface area contributed by atoms with Gasteiger partial charge in [-0.25, -0.2) is 4.79 Å². The van der Waals surface area contributed by atoms with Crippen molar-refractivity contribution in [3.8, 4) is 0 Å². The first kappa shape index (κ1) is 21.3. The van der Waals surface area contributed by atoms with E-state index in [0.717, 1.165) is 18.4 Å². The number of amides is 1. The zero-order valence-electron chi connectivity index (χ0n) is 16.6. The lowest BCUT2D eigenvalue weighted by molar-refractivity contribution is 0.0690. The Bertz CT molecular complexity index is 1110. The van der Waals surface area contributed by atoms with Crippen LogP contribution in [0, 0.1) is 0 Å². The summed E-state index contributed by atoms with van der Waals surface area (Å²) in [5.41, 5.74) is 2.82. The number of likely N-dealkylation sites (tertiary alicyclic amines) is 1. The first-order chi connectivity index (χ1) is 14.9. The Morgan fingerprint density at radius 1 is 0.968 bits per heavy atom. The van der Waals surface area contributed by atoms with Gasteiger partial charge < -0.3 is 10.0 Å². The van der Waals surface area contributed by atoms with Crippen molar-refractivity contribution in [2.75, 3.05) is 6.54 Å². The molecule has 1 aliphatic rings. The number of rotatable bonds is 5. The predicted molar refractivity (Wildman–Crippen MR) is 120 cm³/mol. The minimum Gasteiger partial charge on any atom is -0.478 e. The number of hydrogen-bond donors (Lipinski definition) is 1. The first-order valence-corrected chi connectivity index (χ1v) is 10.7. The van der Waals surface area contributed by atoms with Gasteiger partial charge in [-0.05, 0) is 66.9 Å². The third-order valence-corrected chi connectivity index (χ3v) is 5.96.